The molecule has 0 spiro atoms. The van der Waals surface area contributed by atoms with Gasteiger partial charge in [0.15, 0.2) is 5.82 Å². The summed E-state index contributed by atoms with van der Waals surface area (Å²) in [6, 6.07) is 4.21. The first-order chi connectivity index (χ1) is 10.6. The maximum atomic E-state index is 13.9. The fraction of sp³-hybridized carbons (Fsp3) is 0.385. The van der Waals surface area contributed by atoms with Crippen LogP contribution in [-0.4, -0.2) is 52.9 Å². The van der Waals surface area contributed by atoms with Crippen molar-refractivity contribution >= 4 is 11.6 Å². The Labute approximate surface area is 126 Å². The maximum absolute atomic E-state index is 13.9. The number of carbonyl (C=O) groups is 1. The van der Waals surface area contributed by atoms with Crippen LogP contribution in [0.3, 0.4) is 0 Å². The summed E-state index contributed by atoms with van der Waals surface area (Å²) in [7, 11) is 1.59. The molecule has 1 heterocycles. The molecule has 2 N–H and O–H groups in total. The average Bonchev–Trinajstić information content (AvgIpc) is 2.92. The van der Waals surface area contributed by atoms with Crippen LogP contribution in [0.5, 0.6) is 0 Å². The number of nitrogens with zero attached hydrogens (tertiary/aromatic N) is 4. The molecule has 0 atom stereocenters. The van der Waals surface area contributed by atoms with E-state index in [2.05, 4.69) is 26.2 Å². The van der Waals surface area contributed by atoms with E-state index in [1.165, 1.54) is 22.9 Å². The molecule has 8 nitrogen and oxygen atoms in total. The third-order valence-corrected chi connectivity index (χ3v) is 2.85. The predicted octanol–water partition coefficient (Wildman–Crippen LogP) is 0.284. The molecule has 9 heteroatoms. The number of aryl methyl sites for hydroxylation is 1. The Morgan fingerprint density at radius 2 is 2.27 bits per heavy atom. The van der Waals surface area contributed by atoms with Gasteiger partial charge < -0.3 is 15.4 Å². The van der Waals surface area contributed by atoms with Crippen LogP contribution in [0.4, 0.5) is 10.1 Å². The highest BCUT2D eigenvalue weighted by molar-refractivity contribution is 5.92. The number of nitrogens with one attached hydrogen (secondary N) is 2. The lowest BCUT2D eigenvalue weighted by atomic mass is 10.2. The fourth-order valence-corrected chi connectivity index (χ4v) is 1.79. The lowest BCUT2D eigenvalue weighted by Gasteiger charge is -2.09. The summed E-state index contributed by atoms with van der Waals surface area (Å²) in [4.78, 5) is 11.8. The molecular formula is C13H17FN6O2. The van der Waals surface area contributed by atoms with Crippen molar-refractivity contribution in [3.63, 3.8) is 0 Å². The van der Waals surface area contributed by atoms with Crippen LogP contribution < -0.4 is 10.6 Å². The highest BCUT2D eigenvalue weighted by atomic mass is 19.1. The number of amides is 1. The molecule has 1 aromatic heterocycles. The minimum absolute atomic E-state index is 0.139. The number of halogens is 1. The van der Waals surface area contributed by atoms with Gasteiger partial charge in [0.25, 0.3) is 0 Å². The number of hydrogen-bond acceptors (Lipinski definition) is 6. The van der Waals surface area contributed by atoms with Crippen LogP contribution in [0.25, 0.3) is 5.69 Å². The number of tetrazole rings is 1. The standard InChI is InChI=1S/C13H17FN6O2/c1-9-17-18-19-20(9)12-7-10(3-4-11(12)14)16-13(21)8-15-5-6-22-2/h3-4,7,15H,5-6,8H2,1-2H3,(H,16,21). The zero-order valence-corrected chi connectivity index (χ0v) is 12.3. The zero-order chi connectivity index (χ0) is 15.9. The molecule has 1 aromatic carbocycles. The van der Waals surface area contributed by atoms with Gasteiger partial charge in [0.05, 0.1) is 13.2 Å². The highest BCUT2D eigenvalue weighted by Gasteiger charge is 2.11. The van der Waals surface area contributed by atoms with Crippen molar-refractivity contribution in [2.45, 2.75) is 6.92 Å². The SMILES string of the molecule is COCCNCC(=O)Nc1ccc(F)c(-n2nnnc2C)c1. The Kier molecular flexibility index (Phi) is 5.50. The average molecular weight is 308 g/mol. The lowest BCUT2D eigenvalue weighted by Crippen LogP contribution is -2.30. The van der Waals surface area contributed by atoms with Crippen LogP contribution in [0, 0.1) is 12.7 Å². The molecule has 0 bridgehead atoms. The van der Waals surface area contributed by atoms with Gasteiger partial charge in [-0.05, 0) is 35.5 Å². The Morgan fingerprint density at radius 3 is 2.95 bits per heavy atom. The van der Waals surface area contributed by atoms with Gasteiger partial charge in [-0.15, -0.1) is 5.10 Å². The minimum atomic E-state index is -0.480. The summed E-state index contributed by atoms with van der Waals surface area (Å²) in [5.41, 5.74) is 0.637. The van der Waals surface area contributed by atoms with Gasteiger partial charge in [0.2, 0.25) is 5.91 Å². The normalized spacial score (nSPS) is 10.7. The summed E-state index contributed by atoms with van der Waals surface area (Å²) in [6.45, 7) is 2.89. The molecule has 0 saturated heterocycles. The summed E-state index contributed by atoms with van der Waals surface area (Å²) < 4.78 is 20.0. The smallest absolute Gasteiger partial charge is 0.238 e. The van der Waals surface area contributed by atoms with E-state index >= 15 is 0 Å². The van der Waals surface area contributed by atoms with Gasteiger partial charge in [-0.3, -0.25) is 4.79 Å². The summed E-state index contributed by atoms with van der Waals surface area (Å²) in [5, 5.41) is 16.5. The molecule has 1 amide bonds. The molecule has 22 heavy (non-hydrogen) atoms. The molecule has 0 unspecified atom stereocenters. The topological polar surface area (TPSA) is 94.0 Å². The fourth-order valence-electron chi connectivity index (χ4n) is 1.79. The van der Waals surface area contributed by atoms with Crippen molar-refractivity contribution in [3.05, 3.63) is 29.8 Å². The minimum Gasteiger partial charge on any atom is -0.383 e. The van der Waals surface area contributed by atoms with E-state index in [0.717, 1.165) is 0 Å². The Morgan fingerprint density at radius 1 is 1.45 bits per heavy atom. The Balaban J connectivity index is 2.04. The Bertz CT molecular complexity index is 645. The number of carbonyl (C=O) groups excluding carboxylic acids is 1. The van der Waals surface area contributed by atoms with E-state index < -0.39 is 5.82 Å². The van der Waals surface area contributed by atoms with Crippen LogP contribution in [0.2, 0.25) is 0 Å². The van der Waals surface area contributed by atoms with Gasteiger partial charge in [-0.25, -0.2) is 4.39 Å². The van der Waals surface area contributed by atoms with E-state index in [-0.39, 0.29) is 18.1 Å². The Hall–Kier alpha value is -2.39. The molecular weight excluding hydrogens is 291 g/mol. The molecule has 118 valence electrons. The third-order valence-electron chi connectivity index (χ3n) is 2.85. The number of benzene rings is 1. The van der Waals surface area contributed by atoms with E-state index in [4.69, 9.17) is 4.74 Å². The molecule has 2 aromatic rings. The third kappa shape index (κ3) is 4.06. The van der Waals surface area contributed by atoms with Gasteiger partial charge in [-0.2, -0.15) is 4.68 Å². The molecule has 0 aliphatic heterocycles. The second kappa shape index (κ2) is 7.57. The summed E-state index contributed by atoms with van der Waals surface area (Å²) in [6.07, 6.45) is 0. The van der Waals surface area contributed by atoms with E-state index in [1.54, 1.807) is 14.0 Å². The van der Waals surface area contributed by atoms with Gasteiger partial charge in [0, 0.05) is 19.3 Å². The van der Waals surface area contributed by atoms with Crippen LogP contribution in [0.15, 0.2) is 18.2 Å². The first-order valence-corrected chi connectivity index (χ1v) is 6.66. The molecule has 0 aliphatic rings. The largest absolute Gasteiger partial charge is 0.383 e. The van der Waals surface area contributed by atoms with Gasteiger partial charge >= 0.3 is 0 Å². The number of aromatic nitrogens is 4. The number of hydrogen-bond donors (Lipinski definition) is 2. The van der Waals surface area contributed by atoms with Crippen LogP contribution in [0.1, 0.15) is 5.82 Å². The van der Waals surface area contributed by atoms with Crippen molar-refractivity contribution in [3.8, 4) is 5.69 Å². The number of rotatable bonds is 7. The monoisotopic (exact) mass is 308 g/mol. The molecule has 0 aliphatic carbocycles. The van der Waals surface area contributed by atoms with Crippen molar-refractivity contribution in [1.82, 2.24) is 25.5 Å². The number of ether oxygens (including phenoxy) is 1. The van der Waals surface area contributed by atoms with Crippen molar-refractivity contribution in [1.29, 1.82) is 0 Å². The first-order valence-electron chi connectivity index (χ1n) is 6.66. The van der Waals surface area contributed by atoms with Crippen molar-refractivity contribution in [2.75, 3.05) is 32.1 Å². The molecule has 2 rings (SSSR count). The van der Waals surface area contributed by atoms with Crippen LogP contribution >= 0.6 is 0 Å². The highest BCUT2D eigenvalue weighted by Crippen LogP contribution is 2.18. The van der Waals surface area contributed by atoms with Gasteiger partial charge in [-0.1, -0.05) is 0 Å². The maximum Gasteiger partial charge on any atom is 0.238 e. The van der Waals surface area contributed by atoms with Crippen molar-refractivity contribution in [2.24, 2.45) is 0 Å². The quantitative estimate of drug-likeness (QED) is 0.714. The van der Waals surface area contributed by atoms with Crippen LogP contribution in [-0.2, 0) is 9.53 Å². The molecule has 0 fully saturated rings. The zero-order valence-electron chi connectivity index (χ0n) is 12.3. The lowest BCUT2D eigenvalue weighted by molar-refractivity contribution is -0.115. The van der Waals surface area contributed by atoms with Gasteiger partial charge in [0.1, 0.15) is 11.5 Å². The first kappa shape index (κ1) is 16.0. The van der Waals surface area contributed by atoms with E-state index in [0.29, 0.717) is 24.7 Å². The number of anilines is 1. The second-order valence-corrected chi connectivity index (χ2v) is 4.52. The summed E-state index contributed by atoms with van der Waals surface area (Å²) in [5.74, 6) is -0.266. The van der Waals surface area contributed by atoms with Crippen molar-refractivity contribution < 1.29 is 13.9 Å². The number of methoxy groups -OCH3 is 1. The molecule has 0 radical (unpaired) electrons. The predicted molar refractivity (Wildman–Crippen MR) is 77.2 cm³/mol. The van der Waals surface area contributed by atoms with E-state index in [9.17, 15) is 9.18 Å². The molecule has 0 saturated carbocycles. The second-order valence-electron chi connectivity index (χ2n) is 4.52. The summed E-state index contributed by atoms with van der Waals surface area (Å²) >= 11 is 0. The van der Waals surface area contributed by atoms with E-state index in [1.807, 2.05) is 0 Å².